The summed E-state index contributed by atoms with van der Waals surface area (Å²) in [6.07, 6.45) is 0. The molecule has 0 bridgehead atoms. The van der Waals surface area contributed by atoms with Gasteiger partial charge >= 0.3 is 0 Å². The van der Waals surface area contributed by atoms with E-state index in [1.54, 1.807) is 11.3 Å². The molecule has 2 nitrogen and oxygen atoms in total. The van der Waals surface area contributed by atoms with Crippen LogP contribution in [0.3, 0.4) is 0 Å². The van der Waals surface area contributed by atoms with E-state index in [9.17, 15) is 0 Å². The Morgan fingerprint density at radius 1 is 1.80 bits per heavy atom. The molecule has 1 rings (SSSR count). The van der Waals surface area contributed by atoms with Crippen LogP contribution < -0.4 is 5.48 Å². The van der Waals surface area contributed by atoms with Crippen molar-refractivity contribution in [2.75, 3.05) is 0 Å². The van der Waals surface area contributed by atoms with Crippen molar-refractivity contribution in [3.8, 4) is 0 Å². The number of hydrogen-bond donors (Lipinski definition) is 2. The first kappa shape index (κ1) is 8.01. The molecule has 0 radical (unpaired) electrons. The fourth-order valence-corrected chi connectivity index (χ4v) is 1.86. The van der Waals surface area contributed by atoms with Crippen molar-refractivity contribution < 1.29 is 5.21 Å². The zero-order valence-corrected chi connectivity index (χ0v) is 7.09. The Morgan fingerprint density at radius 3 is 2.90 bits per heavy atom. The van der Waals surface area contributed by atoms with Crippen LogP contribution in [0.2, 0.25) is 5.02 Å². The molecule has 0 saturated heterocycles. The van der Waals surface area contributed by atoms with Crippen molar-refractivity contribution in [2.45, 2.75) is 13.5 Å². The second kappa shape index (κ2) is 3.34. The Balaban J connectivity index is 2.77. The quantitative estimate of drug-likeness (QED) is 0.679. The molecule has 0 aliphatic heterocycles. The van der Waals surface area contributed by atoms with E-state index >= 15 is 0 Å². The lowest BCUT2D eigenvalue weighted by Gasteiger charge is -1.88. The summed E-state index contributed by atoms with van der Waals surface area (Å²) in [6, 6.07) is 1.85. The highest BCUT2D eigenvalue weighted by molar-refractivity contribution is 7.12. The SMILES string of the molecule is Cc1sc(CNO)cc1Cl. The third-order valence-corrected chi connectivity index (χ3v) is 2.72. The monoisotopic (exact) mass is 177 g/mol. The van der Waals surface area contributed by atoms with Crippen LogP contribution in [0.1, 0.15) is 9.75 Å². The lowest BCUT2D eigenvalue weighted by molar-refractivity contribution is 0.162. The van der Waals surface area contributed by atoms with E-state index in [4.69, 9.17) is 16.8 Å². The Hall–Kier alpha value is -0.0900. The van der Waals surface area contributed by atoms with E-state index in [0.717, 1.165) is 14.8 Å². The molecule has 1 aromatic heterocycles. The second-order valence-corrected chi connectivity index (χ2v) is 3.70. The summed E-state index contributed by atoms with van der Waals surface area (Å²) in [6.45, 7) is 2.42. The van der Waals surface area contributed by atoms with Crippen molar-refractivity contribution in [3.63, 3.8) is 0 Å². The highest BCUT2D eigenvalue weighted by Gasteiger charge is 2.00. The minimum Gasteiger partial charge on any atom is -0.316 e. The number of thiophene rings is 1. The van der Waals surface area contributed by atoms with Crippen LogP contribution in [0.15, 0.2) is 6.07 Å². The summed E-state index contributed by atoms with van der Waals surface area (Å²) in [4.78, 5) is 2.14. The number of nitrogens with one attached hydrogen (secondary N) is 1. The largest absolute Gasteiger partial charge is 0.316 e. The van der Waals surface area contributed by atoms with Gasteiger partial charge < -0.3 is 5.21 Å². The Kier molecular flexibility index (Phi) is 2.68. The highest BCUT2D eigenvalue weighted by Crippen LogP contribution is 2.25. The van der Waals surface area contributed by atoms with Crippen molar-refractivity contribution in [1.82, 2.24) is 5.48 Å². The molecule has 56 valence electrons. The first-order chi connectivity index (χ1) is 4.74. The maximum atomic E-state index is 8.33. The zero-order valence-electron chi connectivity index (χ0n) is 5.52. The van der Waals surface area contributed by atoms with Crippen LogP contribution >= 0.6 is 22.9 Å². The number of aryl methyl sites for hydroxylation is 1. The zero-order chi connectivity index (χ0) is 7.56. The fourth-order valence-electron chi connectivity index (χ4n) is 0.683. The van der Waals surface area contributed by atoms with Crippen molar-refractivity contribution in [3.05, 3.63) is 20.8 Å². The van der Waals surface area contributed by atoms with Gasteiger partial charge in [0.2, 0.25) is 0 Å². The van der Waals surface area contributed by atoms with E-state index in [0.29, 0.717) is 6.54 Å². The van der Waals surface area contributed by atoms with Gasteiger partial charge in [-0.2, -0.15) is 0 Å². The second-order valence-electron chi connectivity index (χ2n) is 1.95. The topological polar surface area (TPSA) is 32.3 Å². The van der Waals surface area contributed by atoms with Crippen molar-refractivity contribution in [1.29, 1.82) is 0 Å². The summed E-state index contributed by atoms with van der Waals surface area (Å²) in [7, 11) is 0. The van der Waals surface area contributed by atoms with E-state index in [1.165, 1.54) is 0 Å². The Labute approximate surface area is 68.4 Å². The average molecular weight is 178 g/mol. The van der Waals surface area contributed by atoms with E-state index in [1.807, 2.05) is 13.0 Å². The third kappa shape index (κ3) is 1.70. The van der Waals surface area contributed by atoms with E-state index in [-0.39, 0.29) is 0 Å². The summed E-state index contributed by atoms with van der Waals surface area (Å²) < 4.78 is 0. The molecule has 0 atom stereocenters. The molecule has 1 heterocycles. The Bertz CT molecular complexity index is 204. The van der Waals surface area contributed by atoms with E-state index in [2.05, 4.69) is 5.48 Å². The van der Waals surface area contributed by atoms with Gasteiger partial charge in [0.25, 0.3) is 0 Å². The lowest BCUT2D eigenvalue weighted by Crippen LogP contribution is -2.03. The summed E-state index contributed by atoms with van der Waals surface area (Å²) in [5.41, 5.74) is 2.08. The molecule has 2 N–H and O–H groups in total. The third-order valence-electron chi connectivity index (χ3n) is 1.16. The molecule has 10 heavy (non-hydrogen) atoms. The number of halogens is 1. The predicted molar refractivity (Wildman–Crippen MR) is 42.7 cm³/mol. The molecule has 0 saturated carbocycles. The molecule has 0 amide bonds. The van der Waals surface area contributed by atoms with E-state index < -0.39 is 0 Å². The molecular weight excluding hydrogens is 170 g/mol. The molecule has 0 aliphatic rings. The van der Waals surface area contributed by atoms with Gasteiger partial charge in [0.05, 0.1) is 11.6 Å². The van der Waals surface area contributed by atoms with Gasteiger partial charge in [0.15, 0.2) is 0 Å². The maximum absolute atomic E-state index is 8.33. The predicted octanol–water partition coefficient (Wildman–Crippen LogP) is 2.19. The molecule has 0 spiro atoms. The van der Waals surface area contributed by atoms with Crippen LogP contribution in [0.25, 0.3) is 0 Å². The van der Waals surface area contributed by atoms with Gasteiger partial charge in [0, 0.05) is 9.75 Å². The van der Waals surface area contributed by atoms with Crippen molar-refractivity contribution >= 4 is 22.9 Å². The summed E-state index contributed by atoms with van der Waals surface area (Å²) in [5, 5.41) is 9.11. The van der Waals surface area contributed by atoms with Gasteiger partial charge in [-0.3, -0.25) is 0 Å². The van der Waals surface area contributed by atoms with Gasteiger partial charge in [-0.05, 0) is 13.0 Å². The highest BCUT2D eigenvalue weighted by atomic mass is 35.5. The minimum atomic E-state index is 0.470. The van der Waals surface area contributed by atoms with Gasteiger partial charge in [-0.15, -0.1) is 11.3 Å². The van der Waals surface area contributed by atoms with Crippen LogP contribution in [0.5, 0.6) is 0 Å². The molecule has 4 heteroatoms. The number of hydrogen-bond acceptors (Lipinski definition) is 3. The van der Waals surface area contributed by atoms with Crippen molar-refractivity contribution in [2.24, 2.45) is 0 Å². The Morgan fingerprint density at radius 2 is 2.50 bits per heavy atom. The normalized spacial score (nSPS) is 10.3. The maximum Gasteiger partial charge on any atom is 0.0552 e. The van der Waals surface area contributed by atoms with Crippen LogP contribution in [0, 0.1) is 6.92 Å². The molecule has 0 fully saturated rings. The molecule has 1 aromatic rings. The number of rotatable bonds is 2. The standard InChI is InChI=1S/C6H8ClNOS/c1-4-6(7)2-5(10-4)3-8-9/h2,8-9H,3H2,1H3. The first-order valence-corrected chi connectivity index (χ1v) is 4.05. The smallest absolute Gasteiger partial charge is 0.0552 e. The summed E-state index contributed by atoms with van der Waals surface area (Å²) in [5.74, 6) is 0. The lowest BCUT2D eigenvalue weighted by atomic mass is 10.4. The van der Waals surface area contributed by atoms with Crippen LogP contribution in [-0.2, 0) is 6.54 Å². The molecule has 0 unspecified atom stereocenters. The molecular formula is C6H8ClNOS. The number of hydroxylamine groups is 1. The summed E-state index contributed by atoms with van der Waals surface area (Å²) >= 11 is 7.35. The van der Waals surface area contributed by atoms with Gasteiger partial charge in [-0.1, -0.05) is 11.6 Å². The fraction of sp³-hybridized carbons (Fsp3) is 0.333. The van der Waals surface area contributed by atoms with Crippen LogP contribution in [-0.4, -0.2) is 5.21 Å². The molecule has 0 aliphatic carbocycles. The minimum absolute atomic E-state index is 0.470. The molecule has 0 aromatic carbocycles. The van der Waals surface area contributed by atoms with Crippen LogP contribution in [0.4, 0.5) is 0 Å². The van der Waals surface area contributed by atoms with Gasteiger partial charge in [-0.25, -0.2) is 5.48 Å². The first-order valence-electron chi connectivity index (χ1n) is 2.86. The average Bonchev–Trinajstić information content (AvgIpc) is 2.14. The van der Waals surface area contributed by atoms with Gasteiger partial charge in [0.1, 0.15) is 0 Å².